The van der Waals surface area contributed by atoms with Gasteiger partial charge in [0.25, 0.3) is 11.8 Å². The molecule has 1 saturated heterocycles. The van der Waals surface area contributed by atoms with E-state index in [1.54, 1.807) is 12.1 Å². The molecule has 1 aromatic rings. The van der Waals surface area contributed by atoms with E-state index in [1.807, 2.05) is 26.0 Å². The zero-order valence-electron chi connectivity index (χ0n) is 14.3. The van der Waals surface area contributed by atoms with Crippen molar-refractivity contribution < 1.29 is 19.4 Å². The average Bonchev–Trinajstić information content (AvgIpc) is 2.57. The molecule has 1 aliphatic heterocycles. The summed E-state index contributed by atoms with van der Waals surface area (Å²) in [5.74, 6) is 0.0748. The fraction of sp³-hybridized carbons (Fsp3) is 0.529. The number of nitrogens with one attached hydrogen (secondary N) is 4. The Morgan fingerprint density at radius 1 is 1.21 bits per heavy atom. The van der Waals surface area contributed by atoms with Gasteiger partial charge in [-0.15, -0.1) is 0 Å². The van der Waals surface area contributed by atoms with Crippen LogP contribution in [-0.2, 0) is 9.59 Å². The Hall–Kier alpha value is -1.63. The molecule has 0 bridgehead atoms. The molecule has 7 heteroatoms. The summed E-state index contributed by atoms with van der Waals surface area (Å²) in [6.45, 7) is 8.54. The Morgan fingerprint density at radius 3 is 2.50 bits per heavy atom. The predicted octanol–water partition coefficient (Wildman–Crippen LogP) is -1.41. The molecular formula is C17H27ClN4O2+2. The van der Waals surface area contributed by atoms with Crippen LogP contribution in [-0.4, -0.2) is 57.1 Å². The van der Waals surface area contributed by atoms with Gasteiger partial charge in [-0.3, -0.25) is 9.59 Å². The van der Waals surface area contributed by atoms with Crippen molar-refractivity contribution in [3.63, 3.8) is 0 Å². The molecule has 2 amide bonds. The maximum atomic E-state index is 12.2. The molecule has 0 aliphatic carbocycles. The van der Waals surface area contributed by atoms with Gasteiger partial charge in [0.1, 0.15) is 26.2 Å². The first-order valence-corrected chi connectivity index (χ1v) is 8.89. The number of anilines is 1. The highest BCUT2D eigenvalue weighted by Gasteiger charge is 2.31. The van der Waals surface area contributed by atoms with E-state index in [0.29, 0.717) is 23.8 Å². The van der Waals surface area contributed by atoms with Crippen molar-refractivity contribution in [1.82, 2.24) is 5.32 Å². The molecule has 6 nitrogen and oxygen atoms in total. The smallest absolute Gasteiger partial charge is 0.279 e. The highest BCUT2D eigenvalue weighted by molar-refractivity contribution is 6.33. The van der Waals surface area contributed by atoms with Crippen molar-refractivity contribution in [2.45, 2.75) is 19.9 Å². The molecule has 1 aromatic carbocycles. The Bertz CT molecular complexity index is 573. The van der Waals surface area contributed by atoms with Crippen LogP contribution in [0.4, 0.5) is 5.69 Å². The lowest BCUT2D eigenvalue weighted by Gasteiger charge is -2.32. The summed E-state index contributed by atoms with van der Waals surface area (Å²) in [5.41, 5.74) is 0.651. The molecule has 1 fully saturated rings. The van der Waals surface area contributed by atoms with Crippen molar-refractivity contribution in [1.29, 1.82) is 0 Å². The number of likely N-dealkylation sites (N-methyl/N-ethyl adjacent to an activating group) is 1. The van der Waals surface area contributed by atoms with Gasteiger partial charge in [-0.2, -0.15) is 0 Å². The summed E-state index contributed by atoms with van der Waals surface area (Å²) in [6, 6.07) is 7.20. The number of piperazine rings is 1. The minimum Gasteiger partial charge on any atom is -0.351 e. The zero-order valence-corrected chi connectivity index (χ0v) is 15.1. The highest BCUT2D eigenvalue weighted by atomic mass is 35.5. The third-order valence-electron chi connectivity index (χ3n) is 4.51. The monoisotopic (exact) mass is 354 g/mol. The zero-order chi connectivity index (χ0) is 17.5. The van der Waals surface area contributed by atoms with Gasteiger partial charge in [-0.05, 0) is 26.0 Å². The van der Waals surface area contributed by atoms with Crippen LogP contribution in [0.2, 0.25) is 5.02 Å². The standard InChI is InChI=1S/C17H25ClN4O2/c1-3-19-17(24)13(2)22-10-8-21(9-11-22)12-16(23)20-15-7-5-4-6-14(15)18/h4-7,13H,3,8-12H2,1-2H3,(H,19,24)(H,20,23)/p+2/t13-/m1/s1. The lowest BCUT2D eigenvalue weighted by Crippen LogP contribution is -3.30. The number of hydrogen-bond donors (Lipinski definition) is 4. The van der Waals surface area contributed by atoms with E-state index < -0.39 is 0 Å². The number of para-hydroxylation sites is 1. The minimum absolute atomic E-state index is 0.0293. The topological polar surface area (TPSA) is 67.1 Å². The first-order chi connectivity index (χ1) is 11.5. The van der Waals surface area contributed by atoms with Crippen LogP contribution in [0.25, 0.3) is 0 Å². The SMILES string of the molecule is CCNC(=O)[C@@H](C)[NH+]1CC[NH+](CC(=O)Nc2ccccc2Cl)CC1. The second-order valence-corrected chi connectivity index (χ2v) is 6.64. The highest BCUT2D eigenvalue weighted by Crippen LogP contribution is 2.19. The van der Waals surface area contributed by atoms with Gasteiger partial charge in [-0.25, -0.2) is 0 Å². The molecule has 0 unspecified atom stereocenters. The maximum absolute atomic E-state index is 12.2. The fourth-order valence-electron chi connectivity index (χ4n) is 3.03. The molecule has 0 saturated carbocycles. The van der Waals surface area contributed by atoms with Crippen molar-refractivity contribution in [2.75, 3.05) is 44.6 Å². The molecule has 4 N–H and O–H groups in total. The number of benzene rings is 1. The number of halogens is 1. The van der Waals surface area contributed by atoms with E-state index in [-0.39, 0.29) is 17.9 Å². The van der Waals surface area contributed by atoms with E-state index in [2.05, 4.69) is 10.6 Å². The van der Waals surface area contributed by atoms with Gasteiger partial charge < -0.3 is 20.4 Å². The van der Waals surface area contributed by atoms with Crippen LogP contribution in [0.1, 0.15) is 13.8 Å². The van der Waals surface area contributed by atoms with Crippen LogP contribution >= 0.6 is 11.6 Å². The van der Waals surface area contributed by atoms with E-state index in [0.717, 1.165) is 26.2 Å². The normalized spacial score (nSPS) is 21.8. The number of carbonyl (C=O) groups excluding carboxylic acids is 2. The van der Waals surface area contributed by atoms with E-state index in [4.69, 9.17) is 11.6 Å². The predicted molar refractivity (Wildman–Crippen MR) is 94.5 cm³/mol. The largest absolute Gasteiger partial charge is 0.351 e. The fourth-order valence-corrected chi connectivity index (χ4v) is 3.21. The number of carbonyl (C=O) groups is 2. The summed E-state index contributed by atoms with van der Waals surface area (Å²) in [7, 11) is 0. The van der Waals surface area contributed by atoms with Crippen LogP contribution in [0.5, 0.6) is 0 Å². The molecule has 0 radical (unpaired) electrons. The minimum atomic E-state index is -0.0385. The molecule has 1 heterocycles. The van der Waals surface area contributed by atoms with Gasteiger partial charge >= 0.3 is 0 Å². The second kappa shape index (κ2) is 9.01. The maximum Gasteiger partial charge on any atom is 0.279 e. The molecule has 0 spiro atoms. The quantitative estimate of drug-likeness (QED) is 0.507. The summed E-state index contributed by atoms with van der Waals surface area (Å²) in [4.78, 5) is 26.6. The summed E-state index contributed by atoms with van der Waals surface area (Å²) < 4.78 is 0. The third-order valence-corrected chi connectivity index (χ3v) is 4.84. The van der Waals surface area contributed by atoms with Crippen molar-refractivity contribution >= 4 is 29.1 Å². The molecule has 1 atom stereocenters. The number of rotatable bonds is 6. The Kier molecular flexibility index (Phi) is 7.02. The Balaban J connectivity index is 1.77. The molecule has 2 rings (SSSR count). The summed E-state index contributed by atoms with van der Waals surface area (Å²) in [5, 5.41) is 6.29. The Labute approximate surface area is 148 Å². The van der Waals surface area contributed by atoms with Crippen molar-refractivity contribution in [3.05, 3.63) is 29.3 Å². The second-order valence-electron chi connectivity index (χ2n) is 6.23. The van der Waals surface area contributed by atoms with Gasteiger partial charge in [0.15, 0.2) is 12.6 Å². The van der Waals surface area contributed by atoms with Crippen LogP contribution < -0.4 is 20.4 Å². The van der Waals surface area contributed by atoms with Gasteiger partial charge in [0, 0.05) is 6.54 Å². The Morgan fingerprint density at radius 2 is 1.88 bits per heavy atom. The third kappa shape index (κ3) is 5.19. The number of hydrogen-bond acceptors (Lipinski definition) is 2. The van der Waals surface area contributed by atoms with E-state index in [9.17, 15) is 9.59 Å². The number of amides is 2. The lowest BCUT2D eigenvalue weighted by atomic mass is 10.2. The summed E-state index contributed by atoms with van der Waals surface area (Å²) >= 11 is 6.06. The van der Waals surface area contributed by atoms with Crippen molar-refractivity contribution in [3.8, 4) is 0 Å². The molecule has 0 aromatic heterocycles. The van der Waals surface area contributed by atoms with E-state index >= 15 is 0 Å². The molecule has 24 heavy (non-hydrogen) atoms. The van der Waals surface area contributed by atoms with Gasteiger partial charge in [0.2, 0.25) is 0 Å². The van der Waals surface area contributed by atoms with Gasteiger partial charge in [0.05, 0.1) is 10.7 Å². The number of quaternary nitrogens is 2. The summed E-state index contributed by atoms with van der Waals surface area (Å²) in [6.07, 6.45) is 0. The van der Waals surface area contributed by atoms with Crippen molar-refractivity contribution in [2.24, 2.45) is 0 Å². The molecule has 1 aliphatic rings. The van der Waals surface area contributed by atoms with Crippen LogP contribution in [0.3, 0.4) is 0 Å². The first kappa shape index (κ1) is 18.7. The van der Waals surface area contributed by atoms with E-state index in [1.165, 1.54) is 9.80 Å². The van der Waals surface area contributed by atoms with Gasteiger partial charge in [-0.1, -0.05) is 23.7 Å². The average molecular weight is 355 g/mol. The lowest BCUT2D eigenvalue weighted by molar-refractivity contribution is -1.01. The molecular weight excluding hydrogens is 328 g/mol. The first-order valence-electron chi connectivity index (χ1n) is 8.51. The van der Waals surface area contributed by atoms with Crippen LogP contribution in [0.15, 0.2) is 24.3 Å². The molecule has 132 valence electrons. The van der Waals surface area contributed by atoms with Crippen LogP contribution in [0, 0.1) is 0 Å².